The molecular weight excluding hydrogens is 366 g/mol. The summed E-state index contributed by atoms with van der Waals surface area (Å²) in [4.78, 5) is 25.7. The number of benzene rings is 2. The largest absolute Gasteiger partial charge is 0.334 e. The Kier molecular flexibility index (Phi) is 5.76. The highest BCUT2D eigenvalue weighted by atomic mass is 32.2. The summed E-state index contributed by atoms with van der Waals surface area (Å²) in [6, 6.07) is 13.1. The van der Waals surface area contributed by atoms with Crippen LogP contribution in [0, 0.1) is 0 Å². The number of carbonyl (C=O) groups is 2. The van der Waals surface area contributed by atoms with E-state index in [2.05, 4.69) is 16.7 Å². The van der Waals surface area contributed by atoms with Gasteiger partial charge in [-0.3, -0.25) is 15.0 Å². The number of carbonyl (C=O) groups excluding carboxylic acids is 2. The Morgan fingerprint density at radius 3 is 2.59 bits per heavy atom. The van der Waals surface area contributed by atoms with Crippen molar-refractivity contribution in [3.63, 3.8) is 0 Å². The van der Waals surface area contributed by atoms with Crippen molar-refractivity contribution in [3.8, 4) is 0 Å². The Morgan fingerprint density at radius 1 is 1.15 bits per heavy atom. The quantitative estimate of drug-likeness (QED) is 0.803. The van der Waals surface area contributed by atoms with Crippen LogP contribution in [0.1, 0.15) is 12.0 Å². The number of fused-ring (bicyclic) bond motifs is 1. The highest BCUT2D eigenvalue weighted by Gasteiger charge is 2.29. The summed E-state index contributed by atoms with van der Waals surface area (Å²) < 4.78 is 22.8. The van der Waals surface area contributed by atoms with Crippen LogP contribution in [-0.4, -0.2) is 56.4 Å². The molecule has 0 spiro atoms. The van der Waals surface area contributed by atoms with Crippen LogP contribution in [0.15, 0.2) is 42.5 Å². The predicted molar refractivity (Wildman–Crippen MR) is 104 cm³/mol. The van der Waals surface area contributed by atoms with Crippen LogP contribution >= 0.6 is 0 Å². The first kappa shape index (κ1) is 19.3. The van der Waals surface area contributed by atoms with Gasteiger partial charge in [-0.05, 0) is 35.9 Å². The van der Waals surface area contributed by atoms with Gasteiger partial charge in [0.15, 0.2) is 9.84 Å². The fourth-order valence-electron chi connectivity index (χ4n) is 3.25. The van der Waals surface area contributed by atoms with Gasteiger partial charge in [-0.15, -0.1) is 0 Å². The van der Waals surface area contributed by atoms with Crippen LogP contribution in [0.25, 0.3) is 10.8 Å². The highest BCUT2D eigenvalue weighted by Crippen LogP contribution is 2.16. The maximum absolute atomic E-state index is 12.0. The van der Waals surface area contributed by atoms with E-state index in [1.165, 1.54) is 0 Å². The Bertz CT molecular complexity index is 958. The van der Waals surface area contributed by atoms with E-state index in [9.17, 15) is 18.0 Å². The second-order valence-electron chi connectivity index (χ2n) is 6.98. The van der Waals surface area contributed by atoms with E-state index in [4.69, 9.17) is 0 Å². The minimum Gasteiger partial charge on any atom is -0.334 e. The standard InChI is InChI=1S/C19H23N3O4S/c1-22(11-14-6-7-15-4-2-3-5-16(15)10-14)12-18(23)21-19(24)20-17-8-9-27(25,26)13-17/h2-7,10,17H,8-9,11-13H2,1H3,(H2,20,21,23,24)/t17-/m0/s1. The molecule has 1 fully saturated rings. The van der Waals surface area contributed by atoms with Gasteiger partial charge in [0.2, 0.25) is 5.91 Å². The van der Waals surface area contributed by atoms with Crippen LogP contribution < -0.4 is 10.6 Å². The molecule has 0 unspecified atom stereocenters. The van der Waals surface area contributed by atoms with Gasteiger partial charge in [0, 0.05) is 12.6 Å². The minimum atomic E-state index is -3.07. The number of hydrogen-bond donors (Lipinski definition) is 2. The number of sulfone groups is 1. The Hall–Kier alpha value is -2.45. The van der Waals surface area contributed by atoms with E-state index < -0.39 is 27.8 Å². The fraction of sp³-hybridized carbons (Fsp3) is 0.368. The van der Waals surface area contributed by atoms with Crippen LogP contribution in [0.3, 0.4) is 0 Å². The van der Waals surface area contributed by atoms with Crippen molar-refractivity contribution in [2.24, 2.45) is 0 Å². The molecule has 1 atom stereocenters. The average Bonchev–Trinajstić information content (AvgIpc) is 2.92. The summed E-state index contributed by atoms with van der Waals surface area (Å²) in [6.07, 6.45) is 0.381. The number of rotatable bonds is 5. The van der Waals surface area contributed by atoms with E-state index in [0.717, 1.165) is 16.3 Å². The molecular formula is C19H23N3O4S. The SMILES string of the molecule is CN(CC(=O)NC(=O)N[C@H]1CCS(=O)(=O)C1)Cc1ccc2ccccc2c1. The lowest BCUT2D eigenvalue weighted by Gasteiger charge is -2.17. The first-order valence-corrected chi connectivity index (χ1v) is 10.6. The highest BCUT2D eigenvalue weighted by molar-refractivity contribution is 7.91. The fourth-order valence-corrected chi connectivity index (χ4v) is 4.92. The van der Waals surface area contributed by atoms with E-state index in [1.54, 1.807) is 7.05 Å². The van der Waals surface area contributed by atoms with Gasteiger partial charge in [0.25, 0.3) is 0 Å². The minimum absolute atomic E-state index is 0.0587. The zero-order valence-electron chi connectivity index (χ0n) is 15.1. The first-order chi connectivity index (χ1) is 12.8. The molecule has 1 saturated heterocycles. The number of imide groups is 1. The van der Waals surface area contributed by atoms with Gasteiger partial charge < -0.3 is 5.32 Å². The van der Waals surface area contributed by atoms with Crippen LogP contribution in [0.4, 0.5) is 4.79 Å². The molecule has 1 heterocycles. The number of hydrogen-bond acceptors (Lipinski definition) is 5. The second kappa shape index (κ2) is 8.06. The molecule has 3 rings (SSSR count). The average molecular weight is 389 g/mol. The lowest BCUT2D eigenvalue weighted by atomic mass is 10.1. The third kappa shape index (κ3) is 5.51. The summed E-state index contributed by atoms with van der Waals surface area (Å²) >= 11 is 0. The van der Waals surface area contributed by atoms with Gasteiger partial charge in [-0.1, -0.05) is 36.4 Å². The lowest BCUT2D eigenvalue weighted by molar-refractivity contribution is -0.120. The number of nitrogens with one attached hydrogen (secondary N) is 2. The van der Waals surface area contributed by atoms with Crippen LogP contribution in [-0.2, 0) is 21.2 Å². The molecule has 1 aliphatic heterocycles. The van der Waals surface area contributed by atoms with Crippen LogP contribution in [0.5, 0.6) is 0 Å². The van der Waals surface area contributed by atoms with Gasteiger partial charge in [0.05, 0.1) is 18.1 Å². The van der Waals surface area contributed by atoms with Crippen molar-refractivity contribution in [3.05, 3.63) is 48.0 Å². The molecule has 8 heteroatoms. The number of urea groups is 1. The van der Waals surface area contributed by atoms with E-state index in [0.29, 0.717) is 13.0 Å². The van der Waals surface area contributed by atoms with Gasteiger partial charge in [0.1, 0.15) is 0 Å². The van der Waals surface area contributed by atoms with Gasteiger partial charge in [-0.25, -0.2) is 13.2 Å². The molecule has 0 aromatic heterocycles. The molecule has 0 radical (unpaired) electrons. The van der Waals surface area contributed by atoms with E-state index >= 15 is 0 Å². The molecule has 0 saturated carbocycles. The Labute approximate surface area is 158 Å². The van der Waals surface area contributed by atoms with Crippen molar-refractivity contribution in [2.45, 2.75) is 19.0 Å². The van der Waals surface area contributed by atoms with E-state index in [1.807, 2.05) is 41.3 Å². The normalized spacial score (nSPS) is 18.5. The summed E-state index contributed by atoms with van der Waals surface area (Å²) in [5.74, 6) is -0.437. The zero-order chi connectivity index (χ0) is 19.4. The molecule has 2 aromatic rings. The summed E-state index contributed by atoms with van der Waals surface area (Å²) in [7, 11) is -1.27. The molecule has 2 N–H and O–H groups in total. The summed E-state index contributed by atoms with van der Waals surface area (Å²) in [5, 5.41) is 7.09. The molecule has 2 aromatic carbocycles. The molecule has 0 bridgehead atoms. The third-order valence-electron chi connectivity index (χ3n) is 4.50. The number of nitrogens with zero attached hydrogens (tertiary/aromatic N) is 1. The predicted octanol–water partition coefficient (Wildman–Crippen LogP) is 1.28. The molecule has 3 amide bonds. The van der Waals surface area contributed by atoms with Crippen molar-refractivity contribution in [1.29, 1.82) is 0 Å². The van der Waals surface area contributed by atoms with Crippen molar-refractivity contribution in [2.75, 3.05) is 25.1 Å². The third-order valence-corrected chi connectivity index (χ3v) is 6.27. The van der Waals surface area contributed by atoms with Gasteiger partial charge >= 0.3 is 6.03 Å². The first-order valence-electron chi connectivity index (χ1n) is 8.78. The van der Waals surface area contributed by atoms with Crippen LogP contribution in [0.2, 0.25) is 0 Å². The monoisotopic (exact) mass is 389 g/mol. The van der Waals surface area contributed by atoms with Gasteiger partial charge in [-0.2, -0.15) is 0 Å². The molecule has 27 heavy (non-hydrogen) atoms. The summed E-state index contributed by atoms with van der Waals surface area (Å²) in [6.45, 7) is 0.629. The smallest absolute Gasteiger partial charge is 0.321 e. The molecule has 0 aliphatic carbocycles. The Morgan fingerprint density at radius 2 is 1.89 bits per heavy atom. The van der Waals surface area contributed by atoms with Crippen molar-refractivity contribution in [1.82, 2.24) is 15.5 Å². The van der Waals surface area contributed by atoms with Crippen molar-refractivity contribution >= 4 is 32.5 Å². The number of likely N-dealkylation sites (N-methyl/N-ethyl adjacent to an activating group) is 1. The number of amides is 3. The molecule has 1 aliphatic rings. The topological polar surface area (TPSA) is 95.6 Å². The van der Waals surface area contributed by atoms with E-state index in [-0.39, 0.29) is 18.1 Å². The molecule has 144 valence electrons. The maximum atomic E-state index is 12.0. The Balaban J connectivity index is 1.47. The zero-order valence-corrected chi connectivity index (χ0v) is 16.0. The summed E-state index contributed by atoms with van der Waals surface area (Å²) in [5.41, 5.74) is 1.07. The maximum Gasteiger partial charge on any atom is 0.321 e. The second-order valence-corrected chi connectivity index (χ2v) is 9.20. The van der Waals surface area contributed by atoms with Crippen molar-refractivity contribution < 1.29 is 18.0 Å². The lowest BCUT2D eigenvalue weighted by Crippen LogP contribution is -2.47. The molecule has 7 nitrogen and oxygen atoms in total.